The zero-order valence-electron chi connectivity index (χ0n) is 40.4. The van der Waals surface area contributed by atoms with Crippen LogP contribution in [-0.4, -0.2) is 0 Å². The third-order valence-electron chi connectivity index (χ3n) is 16.7. The first-order chi connectivity index (χ1) is 35.5. The lowest BCUT2D eigenvalue weighted by Gasteiger charge is -2.35. The summed E-state index contributed by atoms with van der Waals surface area (Å²) in [5.74, 6) is 0. The molecule has 14 rings (SSSR count). The highest BCUT2D eigenvalue weighted by Crippen LogP contribution is 2.60. The van der Waals surface area contributed by atoms with Crippen molar-refractivity contribution in [2.24, 2.45) is 0 Å². The van der Waals surface area contributed by atoms with Gasteiger partial charge in [0.1, 0.15) is 0 Å². The van der Waals surface area contributed by atoms with E-state index in [0.717, 1.165) is 17.1 Å². The molecule has 0 fully saturated rings. The van der Waals surface area contributed by atoms with Crippen LogP contribution in [0.15, 0.2) is 273 Å². The smallest absolute Gasteiger partial charge is 0.0714 e. The van der Waals surface area contributed by atoms with Crippen LogP contribution in [0.5, 0.6) is 0 Å². The van der Waals surface area contributed by atoms with Crippen LogP contribution in [0.1, 0.15) is 69.5 Å². The van der Waals surface area contributed by atoms with Crippen molar-refractivity contribution in [3.8, 4) is 44.5 Å². The lowest BCUT2D eigenvalue weighted by Crippen LogP contribution is -2.28. The van der Waals surface area contributed by atoms with Crippen molar-refractivity contribution in [1.82, 2.24) is 0 Å². The third kappa shape index (κ3) is 5.83. The Morgan fingerprint density at radius 3 is 1.24 bits per heavy atom. The Kier molecular flexibility index (Phi) is 9.44. The normalized spacial score (nSPS) is 17.2. The lowest BCUT2D eigenvalue weighted by molar-refractivity contribution is 0.714. The van der Waals surface area contributed by atoms with Gasteiger partial charge in [0.15, 0.2) is 0 Å². The summed E-state index contributed by atoms with van der Waals surface area (Å²) in [6, 6.07) is 102. The number of hydrogen-bond donors (Lipinski definition) is 0. The summed E-state index contributed by atoms with van der Waals surface area (Å²) < 4.78 is 0. The van der Waals surface area contributed by atoms with E-state index >= 15 is 0 Å². The van der Waals surface area contributed by atoms with Crippen molar-refractivity contribution in [3.63, 3.8) is 0 Å². The molecule has 3 aliphatic rings. The van der Waals surface area contributed by atoms with Gasteiger partial charge >= 0.3 is 0 Å². The van der Waals surface area contributed by atoms with Crippen molar-refractivity contribution < 1.29 is 0 Å². The van der Waals surface area contributed by atoms with E-state index in [1.165, 1.54) is 100 Å². The third-order valence-corrected chi connectivity index (χ3v) is 16.7. The Balaban J connectivity index is 1.00. The summed E-state index contributed by atoms with van der Waals surface area (Å²) in [5, 5.41) is 0. The maximum Gasteiger partial charge on any atom is 0.0714 e. The minimum Gasteiger partial charge on any atom is -0.310 e. The van der Waals surface area contributed by atoms with Crippen LogP contribution in [0.25, 0.3) is 44.5 Å². The molecular weight excluding hydrogens is 867 g/mol. The van der Waals surface area contributed by atoms with Crippen LogP contribution in [0.2, 0.25) is 0 Å². The van der Waals surface area contributed by atoms with Gasteiger partial charge in [-0.15, -0.1) is 0 Å². The average molecular weight is 918 g/mol. The van der Waals surface area contributed by atoms with Crippen molar-refractivity contribution in [1.29, 1.82) is 0 Å². The second-order valence-corrected chi connectivity index (χ2v) is 20.1. The Morgan fingerprint density at radius 1 is 0.264 bits per heavy atom. The molecular formula is C71H51N. The molecule has 1 heteroatoms. The van der Waals surface area contributed by atoms with E-state index in [9.17, 15) is 0 Å². The van der Waals surface area contributed by atoms with Gasteiger partial charge in [-0.1, -0.05) is 243 Å². The molecule has 0 spiro atoms. The second kappa shape index (κ2) is 16.1. The molecule has 11 aromatic rings. The minimum atomic E-state index is -0.546. The van der Waals surface area contributed by atoms with E-state index < -0.39 is 5.41 Å². The first-order valence-corrected chi connectivity index (χ1v) is 25.3. The number of nitrogens with zero attached hydrogens (tertiary/aromatic N) is 1. The fourth-order valence-electron chi connectivity index (χ4n) is 13.4. The van der Waals surface area contributed by atoms with Crippen LogP contribution in [0.4, 0.5) is 17.1 Å². The highest BCUT2D eigenvalue weighted by Gasteiger charge is 2.47. The first kappa shape index (κ1) is 42.1. The molecule has 0 saturated carbocycles. The van der Waals surface area contributed by atoms with Crippen LogP contribution in [0.3, 0.4) is 0 Å². The molecule has 3 aliphatic carbocycles. The van der Waals surface area contributed by atoms with Gasteiger partial charge in [-0.05, 0) is 139 Å². The zero-order chi connectivity index (χ0) is 48.0. The molecule has 2 atom stereocenters. The monoisotopic (exact) mass is 917 g/mol. The Bertz CT molecular complexity index is 3840. The largest absolute Gasteiger partial charge is 0.310 e. The van der Waals surface area contributed by atoms with E-state index in [0.29, 0.717) is 0 Å². The van der Waals surface area contributed by atoms with Crippen molar-refractivity contribution in [2.75, 3.05) is 4.90 Å². The summed E-state index contributed by atoms with van der Waals surface area (Å²) in [7, 11) is 0. The van der Waals surface area contributed by atoms with Crippen LogP contribution in [0, 0.1) is 0 Å². The van der Waals surface area contributed by atoms with Gasteiger partial charge in [-0.3, -0.25) is 0 Å². The quantitative estimate of drug-likeness (QED) is 0.147. The fraction of sp³-hybridized carbons (Fsp3) is 0.0704. The first-order valence-electron chi connectivity index (χ1n) is 25.3. The molecule has 11 aromatic carbocycles. The summed E-state index contributed by atoms with van der Waals surface area (Å²) in [4.78, 5) is 2.54. The van der Waals surface area contributed by atoms with Gasteiger partial charge in [-0.2, -0.15) is 0 Å². The van der Waals surface area contributed by atoms with Gasteiger partial charge in [0, 0.05) is 27.8 Å². The number of anilines is 3. The van der Waals surface area contributed by atoms with E-state index in [4.69, 9.17) is 0 Å². The van der Waals surface area contributed by atoms with E-state index in [2.05, 4.69) is 292 Å². The van der Waals surface area contributed by atoms with Gasteiger partial charge in [-0.25, -0.2) is 0 Å². The molecule has 0 aromatic heterocycles. The lowest BCUT2D eigenvalue weighted by atomic mass is 9.67. The summed E-state index contributed by atoms with van der Waals surface area (Å²) >= 11 is 0. The fourth-order valence-corrected chi connectivity index (χ4v) is 13.4. The predicted octanol–water partition coefficient (Wildman–Crippen LogP) is 17.9. The van der Waals surface area contributed by atoms with Gasteiger partial charge in [0.05, 0.1) is 11.1 Å². The summed E-state index contributed by atoms with van der Waals surface area (Å²) in [5.41, 5.74) is 25.3. The highest BCUT2D eigenvalue weighted by molar-refractivity contribution is 5.99. The molecule has 0 aliphatic heterocycles. The second-order valence-electron chi connectivity index (χ2n) is 20.1. The van der Waals surface area contributed by atoms with Gasteiger partial charge < -0.3 is 4.90 Å². The molecule has 2 unspecified atom stereocenters. The van der Waals surface area contributed by atoms with Crippen LogP contribution >= 0.6 is 0 Å². The molecule has 1 nitrogen and oxygen atoms in total. The molecule has 0 radical (unpaired) electrons. The SMILES string of the molecule is CC1(c2ccccc2)c2ccccc2-c2c(-c3ccc(N(c4ccc5c(c4)C(c4ccccc4)(c4ccccc4)c4ccccc4-5)c4cccc5c4-c4ccccc4C5(C)c4ccccc4)cc3)cccc21. The Hall–Kier alpha value is -8.78. The number of fused-ring (bicyclic) bond motifs is 9. The van der Waals surface area contributed by atoms with Crippen molar-refractivity contribution in [3.05, 3.63) is 329 Å². The Morgan fingerprint density at radius 2 is 0.667 bits per heavy atom. The summed E-state index contributed by atoms with van der Waals surface area (Å²) in [6.45, 7) is 4.81. The highest BCUT2D eigenvalue weighted by atomic mass is 15.1. The topological polar surface area (TPSA) is 3.24 Å². The number of rotatable bonds is 8. The van der Waals surface area contributed by atoms with Crippen LogP contribution < -0.4 is 4.90 Å². The van der Waals surface area contributed by atoms with Gasteiger partial charge in [0.2, 0.25) is 0 Å². The molecule has 0 bridgehead atoms. The Labute approximate surface area is 423 Å². The standard InChI is InChI=1S/C71H51N/c1-69(49-23-7-3-8-24-49)60-35-18-16-32-58(60)67-55(34-21-38-63(67)69)48-41-43-53(44-42-48)72(66-40-22-39-64-68(66)59-33-17-19-36-61(59)70(64,2)50-25-9-4-10-26-50)54-45-46-57-56-31-15-20-37-62(56)71(65(57)47-54,51-27-11-5-12-28-51)52-29-13-6-14-30-52/h3-47H,1-2H3. The number of benzene rings is 11. The van der Waals surface area contributed by atoms with Crippen LogP contribution in [-0.2, 0) is 16.2 Å². The zero-order valence-corrected chi connectivity index (χ0v) is 40.4. The molecule has 72 heavy (non-hydrogen) atoms. The van der Waals surface area contributed by atoms with Gasteiger partial charge in [0.25, 0.3) is 0 Å². The number of hydrogen-bond acceptors (Lipinski definition) is 1. The predicted molar refractivity (Wildman–Crippen MR) is 299 cm³/mol. The molecule has 0 saturated heterocycles. The van der Waals surface area contributed by atoms with E-state index in [-0.39, 0.29) is 10.8 Å². The maximum atomic E-state index is 2.54. The van der Waals surface area contributed by atoms with Crippen molar-refractivity contribution >= 4 is 17.1 Å². The van der Waals surface area contributed by atoms with Crippen molar-refractivity contribution in [2.45, 2.75) is 30.1 Å². The molecule has 0 amide bonds. The minimum absolute atomic E-state index is 0.278. The maximum absolute atomic E-state index is 2.54. The summed E-state index contributed by atoms with van der Waals surface area (Å²) in [6.07, 6.45) is 0. The molecule has 340 valence electrons. The molecule has 0 heterocycles. The van der Waals surface area contributed by atoms with E-state index in [1.807, 2.05) is 0 Å². The average Bonchev–Trinajstić information content (AvgIpc) is 4.02. The van der Waals surface area contributed by atoms with E-state index in [1.54, 1.807) is 0 Å². The molecule has 0 N–H and O–H groups in total.